The summed E-state index contributed by atoms with van der Waals surface area (Å²) < 4.78 is 1.41. The van der Waals surface area contributed by atoms with Crippen LogP contribution in [0.5, 0.6) is 0 Å². The average molecular weight is 250 g/mol. The third-order valence-corrected chi connectivity index (χ3v) is 2.57. The highest BCUT2D eigenvalue weighted by atomic mass is 16.6. The minimum atomic E-state index is -0.454. The lowest BCUT2D eigenvalue weighted by Crippen LogP contribution is -2.12. The van der Waals surface area contributed by atoms with Crippen LogP contribution in [-0.2, 0) is 7.05 Å². The molecule has 8 nitrogen and oxygen atoms in total. The van der Waals surface area contributed by atoms with Gasteiger partial charge in [0.2, 0.25) is 5.82 Å². The third kappa shape index (κ3) is 2.31. The van der Waals surface area contributed by atoms with E-state index >= 15 is 0 Å². The van der Waals surface area contributed by atoms with Gasteiger partial charge in [-0.25, -0.2) is 4.98 Å². The van der Waals surface area contributed by atoms with Crippen molar-refractivity contribution in [1.29, 1.82) is 0 Å². The van der Waals surface area contributed by atoms with E-state index in [4.69, 9.17) is 0 Å². The van der Waals surface area contributed by atoms with Gasteiger partial charge >= 0.3 is 5.69 Å². The Morgan fingerprint density at radius 3 is 3.00 bits per heavy atom. The van der Waals surface area contributed by atoms with Crippen LogP contribution in [0.25, 0.3) is 0 Å². The van der Waals surface area contributed by atoms with Crippen molar-refractivity contribution >= 4 is 11.5 Å². The van der Waals surface area contributed by atoms with E-state index in [0.29, 0.717) is 0 Å². The third-order valence-electron chi connectivity index (χ3n) is 2.57. The fraction of sp³-hybridized carbons (Fsp3) is 0.400. The molecule has 2 rings (SSSR count). The van der Waals surface area contributed by atoms with Crippen molar-refractivity contribution in [1.82, 2.24) is 19.7 Å². The summed E-state index contributed by atoms with van der Waals surface area (Å²) in [4.78, 5) is 17.6. The fourth-order valence-corrected chi connectivity index (χ4v) is 1.71. The number of nitro groups is 1. The molecule has 0 aromatic carbocycles. The highest BCUT2D eigenvalue weighted by Gasteiger charge is 2.22. The lowest BCUT2D eigenvalue weighted by molar-refractivity contribution is -0.384. The Morgan fingerprint density at radius 2 is 2.44 bits per heavy atom. The molecule has 2 heterocycles. The molecule has 2 aromatic heterocycles. The first-order valence-electron chi connectivity index (χ1n) is 5.55. The van der Waals surface area contributed by atoms with Gasteiger partial charge in [-0.2, -0.15) is 0 Å². The van der Waals surface area contributed by atoms with E-state index in [0.717, 1.165) is 12.2 Å². The molecule has 0 aliphatic heterocycles. The Bertz CT molecular complexity index is 533. The van der Waals surface area contributed by atoms with Gasteiger partial charge in [0, 0.05) is 19.4 Å². The summed E-state index contributed by atoms with van der Waals surface area (Å²) in [6.07, 6.45) is 5.47. The Morgan fingerprint density at radius 1 is 1.67 bits per heavy atom. The molecule has 2 aromatic rings. The van der Waals surface area contributed by atoms with Crippen molar-refractivity contribution in [3.05, 3.63) is 34.5 Å². The molecule has 0 radical (unpaired) electrons. The van der Waals surface area contributed by atoms with Crippen molar-refractivity contribution in [2.75, 3.05) is 5.32 Å². The quantitative estimate of drug-likeness (QED) is 0.620. The summed E-state index contributed by atoms with van der Waals surface area (Å²) in [6.45, 7) is 1.97. The van der Waals surface area contributed by atoms with Gasteiger partial charge in [-0.1, -0.05) is 6.92 Å². The molecule has 0 spiro atoms. The maximum absolute atomic E-state index is 10.9. The van der Waals surface area contributed by atoms with Crippen molar-refractivity contribution in [3.8, 4) is 0 Å². The second-order valence-corrected chi connectivity index (χ2v) is 3.87. The number of hydrogen-bond donors (Lipinski definition) is 2. The first-order chi connectivity index (χ1) is 8.61. The molecular formula is C10H14N6O2. The highest BCUT2D eigenvalue weighted by Crippen LogP contribution is 2.26. The van der Waals surface area contributed by atoms with Gasteiger partial charge in [-0.3, -0.25) is 14.8 Å². The average Bonchev–Trinajstić information content (AvgIpc) is 2.94. The SMILES string of the molecule is CCC(Nc1nn(C)cc1[N+](=O)[O-])c1ncc[nH]1. The van der Waals surface area contributed by atoms with Gasteiger partial charge in [0.15, 0.2) is 0 Å². The van der Waals surface area contributed by atoms with Crippen LogP contribution >= 0.6 is 0 Å². The van der Waals surface area contributed by atoms with Gasteiger partial charge in [0.1, 0.15) is 12.0 Å². The molecule has 1 atom stereocenters. The van der Waals surface area contributed by atoms with E-state index in [1.807, 2.05) is 6.92 Å². The van der Waals surface area contributed by atoms with Crippen LogP contribution in [0.2, 0.25) is 0 Å². The maximum atomic E-state index is 10.9. The number of aromatic amines is 1. The smallest absolute Gasteiger partial charge is 0.330 e. The number of rotatable bonds is 5. The molecule has 8 heteroatoms. The van der Waals surface area contributed by atoms with Crippen LogP contribution in [0, 0.1) is 10.1 Å². The molecular weight excluding hydrogens is 236 g/mol. The summed E-state index contributed by atoms with van der Waals surface area (Å²) in [5, 5.41) is 18.0. The second kappa shape index (κ2) is 4.86. The molecule has 0 saturated carbocycles. The largest absolute Gasteiger partial charge is 0.353 e. The molecule has 0 fully saturated rings. The number of anilines is 1. The summed E-state index contributed by atoms with van der Waals surface area (Å²) in [5.41, 5.74) is -0.0393. The molecule has 0 aliphatic rings. The van der Waals surface area contributed by atoms with Gasteiger partial charge in [0.25, 0.3) is 0 Å². The van der Waals surface area contributed by atoms with Gasteiger partial charge in [-0.15, -0.1) is 5.10 Å². The standard InChI is InChI=1S/C10H14N6O2/c1-3-7(9-11-4-5-12-9)13-10-8(16(17)18)6-15(2)14-10/h4-7H,3H2,1-2H3,(H,11,12)(H,13,14). The van der Waals surface area contributed by atoms with Crippen LogP contribution in [0.3, 0.4) is 0 Å². The van der Waals surface area contributed by atoms with E-state index in [-0.39, 0.29) is 17.5 Å². The van der Waals surface area contributed by atoms with E-state index in [9.17, 15) is 10.1 Å². The van der Waals surface area contributed by atoms with E-state index in [2.05, 4.69) is 20.4 Å². The van der Waals surface area contributed by atoms with Crippen LogP contribution in [-0.4, -0.2) is 24.7 Å². The van der Waals surface area contributed by atoms with Gasteiger partial charge in [0.05, 0.1) is 11.0 Å². The van der Waals surface area contributed by atoms with E-state index in [1.54, 1.807) is 19.4 Å². The van der Waals surface area contributed by atoms with Gasteiger partial charge in [-0.05, 0) is 6.42 Å². The number of nitrogens with one attached hydrogen (secondary N) is 2. The topological polar surface area (TPSA) is 102 Å². The second-order valence-electron chi connectivity index (χ2n) is 3.87. The Balaban J connectivity index is 2.25. The Labute approximate surface area is 103 Å². The fourth-order valence-electron chi connectivity index (χ4n) is 1.71. The number of imidazole rings is 1. The van der Waals surface area contributed by atoms with Crippen molar-refractivity contribution < 1.29 is 4.92 Å². The predicted molar refractivity (Wildman–Crippen MR) is 65.1 cm³/mol. The Kier molecular flexibility index (Phi) is 3.26. The zero-order chi connectivity index (χ0) is 13.1. The normalized spacial score (nSPS) is 12.3. The van der Waals surface area contributed by atoms with Crippen LogP contribution in [0.15, 0.2) is 18.6 Å². The van der Waals surface area contributed by atoms with Crippen molar-refractivity contribution in [3.63, 3.8) is 0 Å². The minimum absolute atomic E-state index is 0.0393. The summed E-state index contributed by atoms with van der Waals surface area (Å²) in [6, 6.07) is -0.131. The van der Waals surface area contributed by atoms with Crippen LogP contribution < -0.4 is 5.32 Å². The molecule has 0 saturated heterocycles. The molecule has 0 amide bonds. The maximum Gasteiger partial charge on any atom is 0.330 e. The number of H-pyrrole nitrogens is 1. The van der Waals surface area contributed by atoms with Gasteiger partial charge < -0.3 is 10.3 Å². The highest BCUT2D eigenvalue weighted by molar-refractivity contribution is 5.55. The van der Waals surface area contributed by atoms with E-state index in [1.165, 1.54) is 10.9 Å². The summed E-state index contributed by atoms with van der Waals surface area (Å²) >= 11 is 0. The molecule has 1 unspecified atom stereocenters. The minimum Gasteiger partial charge on any atom is -0.353 e. The number of hydrogen-bond acceptors (Lipinski definition) is 5. The van der Waals surface area contributed by atoms with Crippen molar-refractivity contribution in [2.24, 2.45) is 7.05 Å². The zero-order valence-corrected chi connectivity index (χ0v) is 10.1. The zero-order valence-electron chi connectivity index (χ0n) is 10.1. The van der Waals surface area contributed by atoms with Crippen molar-refractivity contribution in [2.45, 2.75) is 19.4 Å². The number of nitrogens with zero attached hydrogens (tertiary/aromatic N) is 4. The lowest BCUT2D eigenvalue weighted by atomic mass is 10.2. The molecule has 18 heavy (non-hydrogen) atoms. The summed E-state index contributed by atoms with van der Waals surface area (Å²) in [7, 11) is 1.64. The first-order valence-corrected chi connectivity index (χ1v) is 5.55. The molecule has 0 bridgehead atoms. The molecule has 96 valence electrons. The molecule has 2 N–H and O–H groups in total. The predicted octanol–water partition coefficient (Wildman–Crippen LogP) is 1.61. The van der Waals surface area contributed by atoms with Crippen LogP contribution in [0.4, 0.5) is 11.5 Å². The monoisotopic (exact) mass is 250 g/mol. The first kappa shape index (κ1) is 12.1. The van der Waals surface area contributed by atoms with E-state index < -0.39 is 4.92 Å². The summed E-state index contributed by atoms with van der Waals surface area (Å²) in [5.74, 6) is 0.989. The number of aromatic nitrogens is 4. The lowest BCUT2D eigenvalue weighted by Gasteiger charge is -2.13. The Hall–Kier alpha value is -2.38. The number of aryl methyl sites for hydroxylation is 1. The van der Waals surface area contributed by atoms with Crippen LogP contribution in [0.1, 0.15) is 25.2 Å². The molecule has 0 aliphatic carbocycles.